The van der Waals surface area contributed by atoms with Gasteiger partial charge in [-0.15, -0.1) is 0 Å². The lowest BCUT2D eigenvalue weighted by Gasteiger charge is -2.47. The lowest BCUT2D eigenvalue weighted by Crippen LogP contribution is -2.51. The maximum Gasteiger partial charge on any atom is 0.309 e. The number of rotatable bonds is 4. The Hall–Kier alpha value is -2.58. The van der Waals surface area contributed by atoms with Crippen molar-refractivity contribution in [1.29, 1.82) is 0 Å². The summed E-state index contributed by atoms with van der Waals surface area (Å²) in [6.45, 7) is 2.91. The SMILES string of the molecule is CC1OC(=O)C2CC3CN(S(C)(=O)=O)CCC3C(/C=C/c3ccc(-c4ccccc4F)cn3)C12. The van der Waals surface area contributed by atoms with Gasteiger partial charge < -0.3 is 4.74 Å². The van der Waals surface area contributed by atoms with Crippen molar-refractivity contribution in [3.8, 4) is 11.1 Å². The second-order valence-corrected chi connectivity index (χ2v) is 11.8. The van der Waals surface area contributed by atoms with Gasteiger partial charge in [-0.3, -0.25) is 9.78 Å². The van der Waals surface area contributed by atoms with Gasteiger partial charge >= 0.3 is 5.97 Å². The Labute approximate surface area is 199 Å². The molecule has 6 nitrogen and oxygen atoms in total. The number of ether oxygens (including phenoxy) is 1. The summed E-state index contributed by atoms with van der Waals surface area (Å²) in [5.41, 5.74) is 1.98. The minimum Gasteiger partial charge on any atom is -0.462 e. The van der Waals surface area contributed by atoms with E-state index in [4.69, 9.17) is 4.74 Å². The summed E-state index contributed by atoms with van der Waals surface area (Å²) in [7, 11) is -3.26. The van der Waals surface area contributed by atoms with Crippen molar-refractivity contribution in [2.75, 3.05) is 19.3 Å². The van der Waals surface area contributed by atoms with E-state index in [-0.39, 0.29) is 47.5 Å². The molecule has 0 amide bonds. The minimum absolute atomic E-state index is 0.0764. The number of carbonyl (C=O) groups is 1. The Morgan fingerprint density at radius 3 is 2.71 bits per heavy atom. The number of piperidine rings is 1. The van der Waals surface area contributed by atoms with Crippen LogP contribution in [0.15, 0.2) is 48.7 Å². The second-order valence-electron chi connectivity index (χ2n) is 9.78. The summed E-state index contributed by atoms with van der Waals surface area (Å²) in [6, 6.07) is 10.3. The number of benzene rings is 1. The van der Waals surface area contributed by atoms with Gasteiger partial charge in [-0.1, -0.05) is 30.3 Å². The molecule has 180 valence electrons. The van der Waals surface area contributed by atoms with Crippen LogP contribution in [0, 0.1) is 35.4 Å². The molecule has 3 aliphatic rings. The predicted molar refractivity (Wildman–Crippen MR) is 127 cm³/mol. The van der Waals surface area contributed by atoms with Crippen LogP contribution in [-0.2, 0) is 19.6 Å². The Bertz CT molecular complexity index is 1210. The maximum atomic E-state index is 14.1. The lowest BCUT2D eigenvalue weighted by molar-refractivity contribution is -0.144. The van der Waals surface area contributed by atoms with Crippen LogP contribution >= 0.6 is 0 Å². The number of fused-ring (bicyclic) bond motifs is 2. The van der Waals surface area contributed by atoms with Gasteiger partial charge in [0.2, 0.25) is 10.0 Å². The molecule has 34 heavy (non-hydrogen) atoms. The zero-order valence-corrected chi connectivity index (χ0v) is 20.1. The van der Waals surface area contributed by atoms with Crippen LogP contribution in [0.25, 0.3) is 17.2 Å². The van der Waals surface area contributed by atoms with Crippen LogP contribution in [0.3, 0.4) is 0 Å². The first-order valence-electron chi connectivity index (χ1n) is 11.8. The zero-order valence-electron chi connectivity index (χ0n) is 19.3. The summed E-state index contributed by atoms with van der Waals surface area (Å²) in [5, 5.41) is 0. The molecule has 8 heteroatoms. The van der Waals surface area contributed by atoms with Crippen LogP contribution in [0.1, 0.15) is 25.5 Å². The molecule has 6 atom stereocenters. The highest BCUT2D eigenvalue weighted by Crippen LogP contribution is 2.51. The molecule has 0 spiro atoms. The van der Waals surface area contributed by atoms with Crippen LogP contribution in [-0.4, -0.2) is 49.1 Å². The van der Waals surface area contributed by atoms with E-state index in [1.54, 1.807) is 28.7 Å². The molecule has 1 saturated carbocycles. The molecule has 5 rings (SSSR count). The second kappa shape index (κ2) is 8.89. The highest BCUT2D eigenvalue weighted by molar-refractivity contribution is 7.88. The third kappa shape index (κ3) is 4.29. The monoisotopic (exact) mass is 484 g/mol. The molecule has 0 N–H and O–H groups in total. The molecule has 2 aromatic rings. The van der Waals surface area contributed by atoms with Crippen LogP contribution in [0.4, 0.5) is 4.39 Å². The number of hydrogen-bond donors (Lipinski definition) is 0. The number of halogens is 1. The lowest BCUT2D eigenvalue weighted by atomic mass is 9.59. The van der Waals surface area contributed by atoms with Crippen LogP contribution < -0.4 is 0 Å². The van der Waals surface area contributed by atoms with Crippen LogP contribution in [0.5, 0.6) is 0 Å². The first-order chi connectivity index (χ1) is 16.2. The number of allylic oxidation sites excluding steroid dienone is 1. The summed E-state index contributed by atoms with van der Waals surface area (Å²) in [6.07, 6.45) is 8.28. The fourth-order valence-corrected chi connectivity index (χ4v) is 7.09. The molecule has 1 aromatic heterocycles. The Morgan fingerprint density at radius 1 is 1.21 bits per heavy atom. The molecule has 0 bridgehead atoms. The van der Waals surface area contributed by atoms with Gasteiger partial charge in [0.05, 0.1) is 17.9 Å². The van der Waals surface area contributed by atoms with Crippen LogP contribution in [0.2, 0.25) is 0 Å². The van der Waals surface area contributed by atoms with E-state index in [2.05, 4.69) is 11.1 Å². The molecule has 3 fully saturated rings. The summed E-state index contributed by atoms with van der Waals surface area (Å²) >= 11 is 0. The van der Waals surface area contributed by atoms with Crippen molar-refractivity contribution in [3.05, 3.63) is 60.2 Å². The van der Waals surface area contributed by atoms with Gasteiger partial charge in [-0.05, 0) is 55.7 Å². The number of esters is 1. The van der Waals surface area contributed by atoms with Gasteiger partial charge in [0.25, 0.3) is 0 Å². The highest BCUT2D eigenvalue weighted by Gasteiger charge is 2.54. The molecule has 2 saturated heterocycles. The van der Waals surface area contributed by atoms with E-state index in [0.29, 0.717) is 30.6 Å². The van der Waals surface area contributed by atoms with Crippen molar-refractivity contribution >= 4 is 22.1 Å². The van der Waals surface area contributed by atoms with Crippen molar-refractivity contribution in [2.45, 2.75) is 25.9 Å². The quantitative estimate of drug-likeness (QED) is 0.614. The van der Waals surface area contributed by atoms with Crippen molar-refractivity contribution < 1.29 is 22.3 Å². The average Bonchev–Trinajstić information content (AvgIpc) is 3.09. The molecule has 1 aliphatic carbocycles. The van der Waals surface area contributed by atoms with Gasteiger partial charge in [0, 0.05) is 36.3 Å². The fourth-order valence-electron chi connectivity index (χ4n) is 6.19. The molecule has 3 heterocycles. The van der Waals surface area contributed by atoms with E-state index >= 15 is 0 Å². The van der Waals surface area contributed by atoms with Gasteiger partial charge in [0.1, 0.15) is 11.9 Å². The Morgan fingerprint density at radius 2 is 2.00 bits per heavy atom. The third-order valence-electron chi connectivity index (χ3n) is 7.79. The predicted octanol–water partition coefficient (Wildman–Crippen LogP) is 4.00. The Balaban J connectivity index is 1.40. The van der Waals surface area contributed by atoms with Gasteiger partial charge in [-0.25, -0.2) is 17.1 Å². The molecule has 0 radical (unpaired) electrons. The fraction of sp³-hybridized carbons (Fsp3) is 0.462. The van der Waals surface area contributed by atoms with E-state index in [0.717, 1.165) is 12.1 Å². The molecular formula is C26H29FN2O4S. The van der Waals surface area contributed by atoms with Crippen molar-refractivity contribution in [2.24, 2.45) is 29.6 Å². The topological polar surface area (TPSA) is 76.6 Å². The third-order valence-corrected chi connectivity index (χ3v) is 9.06. The van der Waals surface area contributed by atoms with Crippen molar-refractivity contribution in [3.63, 3.8) is 0 Å². The summed E-state index contributed by atoms with van der Waals surface area (Å²) in [4.78, 5) is 17.1. The first kappa shape index (κ1) is 23.2. The van der Waals surface area contributed by atoms with E-state index in [1.807, 2.05) is 25.1 Å². The largest absolute Gasteiger partial charge is 0.462 e. The summed E-state index contributed by atoms with van der Waals surface area (Å²) in [5.74, 6) is -0.0848. The number of cyclic esters (lactones) is 1. The first-order valence-corrected chi connectivity index (χ1v) is 13.6. The Kier molecular flexibility index (Phi) is 6.06. The molecule has 1 aromatic carbocycles. The molecular weight excluding hydrogens is 455 g/mol. The molecule has 6 unspecified atom stereocenters. The number of hydrogen-bond acceptors (Lipinski definition) is 5. The van der Waals surface area contributed by atoms with Crippen molar-refractivity contribution in [1.82, 2.24) is 9.29 Å². The standard InChI is InChI=1S/C26H29FN2O4S/c1-16-25-22(10-9-19-8-7-17(14-28-19)21-5-3-4-6-24(21)27)20-11-12-29(34(2,31)32)15-18(20)13-23(25)26(30)33-16/h3-10,14,16,18,20,22-23,25H,11-13,15H2,1-2H3/b10-9+. The van der Waals surface area contributed by atoms with Gasteiger partial charge in [-0.2, -0.15) is 0 Å². The minimum atomic E-state index is -3.26. The number of pyridine rings is 1. The highest BCUT2D eigenvalue weighted by atomic mass is 32.2. The number of aromatic nitrogens is 1. The number of sulfonamides is 1. The normalized spacial score (nSPS) is 31.8. The van der Waals surface area contributed by atoms with E-state index in [9.17, 15) is 17.6 Å². The van der Waals surface area contributed by atoms with E-state index in [1.165, 1.54) is 12.3 Å². The number of carbonyl (C=O) groups excluding carboxylic acids is 1. The maximum absolute atomic E-state index is 14.1. The summed E-state index contributed by atoms with van der Waals surface area (Å²) < 4.78 is 45.5. The van der Waals surface area contributed by atoms with E-state index < -0.39 is 10.0 Å². The average molecular weight is 485 g/mol. The number of nitrogens with zero attached hydrogens (tertiary/aromatic N) is 2. The smallest absolute Gasteiger partial charge is 0.309 e. The molecule has 2 aliphatic heterocycles. The zero-order chi connectivity index (χ0) is 24.0. The van der Waals surface area contributed by atoms with Gasteiger partial charge in [0.15, 0.2) is 0 Å².